The molecule has 0 saturated heterocycles. The Kier molecular flexibility index (Phi) is 5.21. The molecule has 1 N–H and O–H groups in total. The fourth-order valence-corrected chi connectivity index (χ4v) is 2.71. The molecular formula is C16H16O3S. The quantitative estimate of drug-likeness (QED) is 0.677. The minimum absolute atomic E-state index is 0.0517. The second kappa shape index (κ2) is 7.12. The predicted octanol–water partition coefficient (Wildman–Crippen LogP) is 3.26. The van der Waals surface area contributed by atoms with Crippen molar-refractivity contribution in [2.24, 2.45) is 0 Å². The van der Waals surface area contributed by atoms with Crippen molar-refractivity contribution >= 4 is 17.7 Å². The van der Waals surface area contributed by atoms with E-state index in [-0.39, 0.29) is 12.6 Å². The first-order valence-electron chi connectivity index (χ1n) is 6.23. The van der Waals surface area contributed by atoms with E-state index in [0.717, 1.165) is 16.0 Å². The molecular weight excluding hydrogens is 272 g/mol. The van der Waals surface area contributed by atoms with Gasteiger partial charge in [-0.3, -0.25) is 0 Å². The maximum Gasteiger partial charge on any atom is 0.338 e. The minimum Gasteiger partial charge on any atom is -0.465 e. The fourth-order valence-electron chi connectivity index (χ4n) is 1.81. The number of thioether (sulfide) groups is 1. The number of aliphatic hydroxyl groups excluding tert-OH is 1. The van der Waals surface area contributed by atoms with Crippen LogP contribution in [0.4, 0.5) is 0 Å². The van der Waals surface area contributed by atoms with E-state index in [1.807, 2.05) is 42.5 Å². The van der Waals surface area contributed by atoms with Crippen molar-refractivity contribution in [2.75, 3.05) is 7.11 Å². The van der Waals surface area contributed by atoms with Gasteiger partial charge in [0.25, 0.3) is 0 Å². The highest BCUT2D eigenvalue weighted by Crippen LogP contribution is 2.25. The Balaban J connectivity index is 2.08. The summed E-state index contributed by atoms with van der Waals surface area (Å²) in [4.78, 5) is 12.8. The van der Waals surface area contributed by atoms with E-state index in [2.05, 4.69) is 0 Å². The predicted molar refractivity (Wildman–Crippen MR) is 79.7 cm³/mol. The lowest BCUT2D eigenvalue weighted by Crippen LogP contribution is -2.04. The Bertz CT molecular complexity index is 579. The lowest BCUT2D eigenvalue weighted by Gasteiger charge is -2.07. The number of rotatable bonds is 5. The van der Waals surface area contributed by atoms with Crippen LogP contribution in [0.3, 0.4) is 0 Å². The van der Waals surface area contributed by atoms with E-state index in [1.165, 1.54) is 7.11 Å². The molecule has 0 bridgehead atoms. The molecule has 20 heavy (non-hydrogen) atoms. The van der Waals surface area contributed by atoms with Gasteiger partial charge in [0.15, 0.2) is 0 Å². The van der Waals surface area contributed by atoms with Crippen LogP contribution in [0.2, 0.25) is 0 Å². The third kappa shape index (κ3) is 3.62. The molecule has 0 radical (unpaired) electrons. The van der Waals surface area contributed by atoms with Crippen LogP contribution < -0.4 is 0 Å². The van der Waals surface area contributed by atoms with Crippen LogP contribution in [-0.4, -0.2) is 18.2 Å². The van der Waals surface area contributed by atoms with Crippen molar-refractivity contribution in [2.45, 2.75) is 17.3 Å². The van der Waals surface area contributed by atoms with Crippen LogP contribution in [0.15, 0.2) is 53.4 Å². The van der Waals surface area contributed by atoms with Crippen LogP contribution in [-0.2, 0) is 17.1 Å². The highest BCUT2D eigenvalue weighted by Gasteiger charge is 2.10. The molecule has 2 rings (SSSR count). The van der Waals surface area contributed by atoms with Gasteiger partial charge in [-0.2, -0.15) is 0 Å². The summed E-state index contributed by atoms with van der Waals surface area (Å²) in [5, 5.41) is 9.00. The number of hydrogen-bond acceptors (Lipinski definition) is 4. The summed E-state index contributed by atoms with van der Waals surface area (Å²) in [5.74, 6) is 0.390. The Morgan fingerprint density at radius 1 is 1.15 bits per heavy atom. The summed E-state index contributed by atoms with van der Waals surface area (Å²) in [6, 6.07) is 15.2. The van der Waals surface area contributed by atoms with Crippen LogP contribution in [0.1, 0.15) is 21.5 Å². The molecule has 0 atom stereocenters. The molecule has 0 amide bonds. The maximum atomic E-state index is 11.7. The third-order valence-corrected chi connectivity index (χ3v) is 3.98. The smallest absolute Gasteiger partial charge is 0.338 e. The SMILES string of the molecule is COC(=O)c1ccccc1CSc1ccc(CO)cc1. The molecule has 3 nitrogen and oxygen atoms in total. The molecule has 0 aliphatic rings. The number of methoxy groups -OCH3 is 1. The Morgan fingerprint density at radius 3 is 2.50 bits per heavy atom. The molecule has 0 unspecified atom stereocenters. The van der Waals surface area contributed by atoms with E-state index in [1.54, 1.807) is 17.8 Å². The first-order valence-corrected chi connectivity index (χ1v) is 7.22. The summed E-state index contributed by atoms with van der Waals surface area (Å²) < 4.78 is 4.78. The second-order valence-corrected chi connectivity index (χ2v) is 5.29. The molecule has 0 saturated carbocycles. The summed E-state index contributed by atoms with van der Waals surface area (Å²) >= 11 is 1.65. The zero-order valence-corrected chi connectivity index (χ0v) is 12.0. The van der Waals surface area contributed by atoms with Crippen molar-refractivity contribution in [1.29, 1.82) is 0 Å². The van der Waals surface area contributed by atoms with E-state index >= 15 is 0 Å². The largest absolute Gasteiger partial charge is 0.465 e. The van der Waals surface area contributed by atoms with Crippen LogP contribution in [0.25, 0.3) is 0 Å². The first-order chi connectivity index (χ1) is 9.74. The average molecular weight is 288 g/mol. The number of hydrogen-bond donors (Lipinski definition) is 1. The molecule has 4 heteroatoms. The molecule has 0 aliphatic carbocycles. The van der Waals surface area contributed by atoms with Gasteiger partial charge in [0, 0.05) is 10.6 Å². The van der Waals surface area contributed by atoms with Crippen molar-refractivity contribution in [3.8, 4) is 0 Å². The van der Waals surface area contributed by atoms with Gasteiger partial charge in [0.05, 0.1) is 19.3 Å². The summed E-state index contributed by atoms with van der Waals surface area (Å²) in [5.41, 5.74) is 2.45. The normalized spacial score (nSPS) is 10.3. The Labute approximate surface area is 122 Å². The Morgan fingerprint density at radius 2 is 1.85 bits per heavy atom. The monoisotopic (exact) mass is 288 g/mol. The molecule has 2 aromatic rings. The molecule has 0 fully saturated rings. The number of carbonyl (C=O) groups excluding carboxylic acids is 1. The summed E-state index contributed by atoms with van der Waals surface area (Å²) in [6.07, 6.45) is 0. The Hall–Kier alpha value is -1.78. The number of esters is 1. The van der Waals surface area contributed by atoms with Crippen molar-refractivity contribution in [3.05, 3.63) is 65.2 Å². The highest BCUT2D eigenvalue weighted by atomic mass is 32.2. The van der Waals surface area contributed by atoms with Crippen molar-refractivity contribution in [1.82, 2.24) is 0 Å². The zero-order chi connectivity index (χ0) is 14.4. The van der Waals surface area contributed by atoms with E-state index < -0.39 is 0 Å². The number of ether oxygens (including phenoxy) is 1. The molecule has 0 aromatic heterocycles. The maximum absolute atomic E-state index is 11.7. The van der Waals surface area contributed by atoms with Crippen molar-refractivity contribution < 1.29 is 14.6 Å². The lowest BCUT2D eigenvalue weighted by atomic mass is 10.1. The van der Waals surface area contributed by atoms with Gasteiger partial charge in [0.1, 0.15) is 0 Å². The highest BCUT2D eigenvalue weighted by molar-refractivity contribution is 7.98. The van der Waals surface area contributed by atoms with Gasteiger partial charge in [0.2, 0.25) is 0 Å². The second-order valence-electron chi connectivity index (χ2n) is 4.24. The van der Waals surface area contributed by atoms with Gasteiger partial charge in [-0.05, 0) is 29.3 Å². The third-order valence-electron chi connectivity index (χ3n) is 2.92. The van der Waals surface area contributed by atoms with Gasteiger partial charge >= 0.3 is 5.97 Å². The summed E-state index contributed by atoms with van der Waals surface area (Å²) in [6.45, 7) is 0.0517. The number of aliphatic hydroxyl groups is 1. The van der Waals surface area contributed by atoms with Crippen LogP contribution in [0.5, 0.6) is 0 Å². The number of carbonyl (C=O) groups is 1. The van der Waals surface area contributed by atoms with E-state index in [4.69, 9.17) is 9.84 Å². The topological polar surface area (TPSA) is 46.5 Å². The van der Waals surface area contributed by atoms with Gasteiger partial charge in [-0.25, -0.2) is 4.79 Å². The fraction of sp³-hybridized carbons (Fsp3) is 0.188. The molecule has 0 heterocycles. The van der Waals surface area contributed by atoms with Crippen LogP contribution in [0, 0.1) is 0 Å². The van der Waals surface area contributed by atoms with Gasteiger partial charge in [-0.15, -0.1) is 11.8 Å². The summed E-state index contributed by atoms with van der Waals surface area (Å²) in [7, 11) is 1.39. The van der Waals surface area contributed by atoms with Gasteiger partial charge < -0.3 is 9.84 Å². The van der Waals surface area contributed by atoms with E-state index in [9.17, 15) is 4.79 Å². The van der Waals surface area contributed by atoms with Gasteiger partial charge in [-0.1, -0.05) is 30.3 Å². The van der Waals surface area contributed by atoms with Crippen molar-refractivity contribution in [3.63, 3.8) is 0 Å². The first kappa shape index (κ1) is 14.6. The lowest BCUT2D eigenvalue weighted by molar-refractivity contribution is 0.0600. The standard InChI is InChI=1S/C16H16O3S/c1-19-16(18)15-5-3-2-4-13(15)11-20-14-8-6-12(10-17)7-9-14/h2-9,17H,10-11H2,1H3. The van der Waals surface area contributed by atoms with E-state index in [0.29, 0.717) is 11.3 Å². The molecule has 2 aromatic carbocycles. The molecule has 104 valence electrons. The molecule has 0 aliphatic heterocycles. The zero-order valence-electron chi connectivity index (χ0n) is 11.2. The minimum atomic E-state index is -0.308. The number of benzene rings is 2. The van der Waals surface area contributed by atoms with Crippen LogP contribution >= 0.6 is 11.8 Å². The molecule has 0 spiro atoms. The average Bonchev–Trinajstić information content (AvgIpc) is 2.53.